The molecule has 21 heavy (non-hydrogen) atoms. The van der Waals surface area contributed by atoms with Crippen LogP contribution in [0.5, 0.6) is 0 Å². The number of hydrogen-bond acceptors (Lipinski definition) is 1. The lowest BCUT2D eigenvalue weighted by molar-refractivity contribution is 0.0968. The van der Waals surface area contributed by atoms with Gasteiger partial charge in [0.25, 0.3) is 0 Å². The highest BCUT2D eigenvalue weighted by atomic mass is 16.1. The molecule has 106 valence electrons. The maximum atomic E-state index is 12.4. The molecule has 1 saturated carbocycles. The quantitative estimate of drug-likeness (QED) is 0.706. The maximum absolute atomic E-state index is 12.4. The van der Waals surface area contributed by atoms with Crippen molar-refractivity contribution in [2.75, 3.05) is 0 Å². The molecule has 0 amide bonds. The fourth-order valence-electron chi connectivity index (χ4n) is 3.09. The summed E-state index contributed by atoms with van der Waals surface area (Å²) in [4.78, 5) is 12.4. The Morgan fingerprint density at radius 2 is 1.67 bits per heavy atom. The molecular formula is C20H20O. The van der Waals surface area contributed by atoms with Gasteiger partial charge in [-0.15, -0.1) is 0 Å². The topological polar surface area (TPSA) is 17.1 Å². The first kappa shape index (κ1) is 13.8. The van der Waals surface area contributed by atoms with Gasteiger partial charge in [0.1, 0.15) is 0 Å². The van der Waals surface area contributed by atoms with Crippen LogP contribution in [0.3, 0.4) is 0 Å². The van der Waals surface area contributed by atoms with E-state index in [9.17, 15) is 4.79 Å². The van der Waals surface area contributed by atoms with Crippen LogP contribution in [0.4, 0.5) is 0 Å². The molecule has 1 heteroatoms. The average molecular weight is 276 g/mol. The molecule has 1 aliphatic rings. The van der Waals surface area contributed by atoms with E-state index in [2.05, 4.69) is 30.3 Å². The van der Waals surface area contributed by atoms with Gasteiger partial charge >= 0.3 is 0 Å². The van der Waals surface area contributed by atoms with Crippen molar-refractivity contribution in [3.05, 3.63) is 77.4 Å². The van der Waals surface area contributed by atoms with Gasteiger partial charge in [0, 0.05) is 12.0 Å². The Hall–Kier alpha value is -2.15. The molecule has 0 aliphatic heterocycles. The highest BCUT2D eigenvalue weighted by molar-refractivity contribution is 5.96. The molecule has 0 bridgehead atoms. The summed E-state index contributed by atoms with van der Waals surface area (Å²) in [5, 5.41) is 0. The minimum absolute atomic E-state index is 0.265. The summed E-state index contributed by atoms with van der Waals surface area (Å²) >= 11 is 0. The first-order valence-corrected chi connectivity index (χ1v) is 7.67. The molecule has 1 unspecified atom stereocenters. The van der Waals surface area contributed by atoms with Crippen molar-refractivity contribution in [1.29, 1.82) is 0 Å². The summed E-state index contributed by atoms with van der Waals surface area (Å²) in [5.74, 6) is 0.680. The van der Waals surface area contributed by atoms with Crippen molar-refractivity contribution in [1.82, 2.24) is 0 Å². The molecule has 1 atom stereocenters. The SMILES string of the molecule is O=C(CC1CCC/C1=C\c1ccccc1)c1ccccc1. The van der Waals surface area contributed by atoms with Gasteiger partial charge in [-0.25, -0.2) is 0 Å². The first-order valence-electron chi connectivity index (χ1n) is 7.67. The monoisotopic (exact) mass is 276 g/mol. The Labute approximate surface area is 126 Å². The minimum Gasteiger partial charge on any atom is -0.294 e. The van der Waals surface area contributed by atoms with Crippen LogP contribution >= 0.6 is 0 Å². The summed E-state index contributed by atoms with van der Waals surface area (Å²) in [6, 6.07) is 20.1. The van der Waals surface area contributed by atoms with E-state index in [1.807, 2.05) is 36.4 Å². The third-order valence-corrected chi connectivity index (χ3v) is 4.22. The van der Waals surface area contributed by atoms with E-state index in [1.165, 1.54) is 17.6 Å². The predicted molar refractivity (Wildman–Crippen MR) is 87.1 cm³/mol. The van der Waals surface area contributed by atoms with Crippen LogP contribution in [0, 0.1) is 5.92 Å². The van der Waals surface area contributed by atoms with E-state index in [1.54, 1.807) is 0 Å². The third kappa shape index (κ3) is 3.49. The van der Waals surface area contributed by atoms with Gasteiger partial charge in [0.05, 0.1) is 0 Å². The van der Waals surface area contributed by atoms with Crippen LogP contribution in [0.25, 0.3) is 6.08 Å². The molecular weight excluding hydrogens is 256 g/mol. The summed E-state index contributed by atoms with van der Waals surface area (Å²) in [6.45, 7) is 0. The predicted octanol–water partition coefficient (Wildman–Crippen LogP) is 5.14. The standard InChI is InChI=1S/C20H20O/c21-20(17-10-5-2-6-11-17)15-19-13-7-12-18(19)14-16-8-3-1-4-9-16/h1-6,8-11,14,19H,7,12-13,15H2/b18-14+. The molecule has 0 heterocycles. The van der Waals surface area contributed by atoms with E-state index >= 15 is 0 Å². The second kappa shape index (κ2) is 6.53. The van der Waals surface area contributed by atoms with Crippen LogP contribution in [-0.4, -0.2) is 5.78 Å². The normalized spacial score (nSPS) is 19.8. The van der Waals surface area contributed by atoms with Crippen molar-refractivity contribution < 1.29 is 4.79 Å². The van der Waals surface area contributed by atoms with Gasteiger partial charge in [-0.05, 0) is 30.7 Å². The summed E-state index contributed by atoms with van der Waals surface area (Å²) in [5.41, 5.74) is 3.51. The van der Waals surface area contributed by atoms with E-state index in [0.717, 1.165) is 18.4 Å². The molecule has 0 saturated heterocycles. The number of carbonyl (C=O) groups excluding carboxylic acids is 1. The average Bonchev–Trinajstić information content (AvgIpc) is 2.96. The lowest BCUT2D eigenvalue weighted by atomic mass is 9.92. The van der Waals surface area contributed by atoms with E-state index in [0.29, 0.717) is 12.3 Å². The Morgan fingerprint density at radius 1 is 1.00 bits per heavy atom. The van der Waals surface area contributed by atoms with Gasteiger partial charge in [0.2, 0.25) is 0 Å². The van der Waals surface area contributed by atoms with Gasteiger partial charge in [-0.2, -0.15) is 0 Å². The van der Waals surface area contributed by atoms with Crippen LogP contribution in [-0.2, 0) is 0 Å². The Balaban J connectivity index is 1.73. The summed E-state index contributed by atoms with van der Waals surface area (Å²) in [7, 11) is 0. The smallest absolute Gasteiger partial charge is 0.163 e. The summed E-state index contributed by atoms with van der Waals surface area (Å²) < 4.78 is 0. The van der Waals surface area contributed by atoms with Gasteiger partial charge in [-0.1, -0.05) is 72.3 Å². The van der Waals surface area contributed by atoms with E-state index in [4.69, 9.17) is 0 Å². The minimum atomic E-state index is 0.265. The summed E-state index contributed by atoms with van der Waals surface area (Å²) in [6.07, 6.45) is 6.38. The molecule has 2 aromatic carbocycles. The Bertz CT molecular complexity index is 625. The zero-order valence-corrected chi connectivity index (χ0v) is 12.2. The molecule has 0 spiro atoms. The fourth-order valence-corrected chi connectivity index (χ4v) is 3.09. The second-order valence-electron chi connectivity index (χ2n) is 5.71. The zero-order valence-electron chi connectivity index (χ0n) is 12.2. The Kier molecular flexibility index (Phi) is 4.30. The number of hydrogen-bond donors (Lipinski definition) is 0. The van der Waals surface area contributed by atoms with Gasteiger partial charge in [-0.3, -0.25) is 4.79 Å². The molecule has 1 aliphatic carbocycles. The highest BCUT2D eigenvalue weighted by Crippen LogP contribution is 2.35. The number of rotatable bonds is 4. The van der Waals surface area contributed by atoms with Crippen molar-refractivity contribution in [2.24, 2.45) is 5.92 Å². The fraction of sp³-hybridized carbons (Fsp3) is 0.250. The zero-order chi connectivity index (χ0) is 14.5. The molecule has 0 aromatic heterocycles. The lowest BCUT2D eigenvalue weighted by Gasteiger charge is -2.11. The van der Waals surface area contributed by atoms with Crippen LogP contribution in [0.1, 0.15) is 41.6 Å². The number of carbonyl (C=O) groups is 1. The number of allylic oxidation sites excluding steroid dienone is 1. The largest absolute Gasteiger partial charge is 0.294 e. The molecule has 0 N–H and O–H groups in total. The van der Waals surface area contributed by atoms with Gasteiger partial charge < -0.3 is 0 Å². The maximum Gasteiger partial charge on any atom is 0.163 e. The number of benzene rings is 2. The van der Waals surface area contributed by atoms with Crippen LogP contribution in [0.15, 0.2) is 66.2 Å². The van der Waals surface area contributed by atoms with Crippen molar-refractivity contribution in [2.45, 2.75) is 25.7 Å². The number of ketones is 1. The Morgan fingerprint density at radius 3 is 2.38 bits per heavy atom. The molecule has 1 nitrogen and oxygen atoms in total. The third-order valence-electron chi connectivity index (χ3n) is 4.22. The first-order chi connectivity index (χ1) is 10.3. The van der Waals surface area contributed by atoms with Crippen molar-refractivity contribution in [3.8, 4) is 0 Å². The second-order valence-corrected chi connectivity index (χ2v) is 5.71. The molecule has 0 radical (unpaired) electrons. The number of Topliss-reactive ketones (excluding diaryl/α,β-unsaturated/α-hetero) is 1. The molecule has 3 rings (SSSR count). The van der Waals surface area contributed by atoms with Crippen LogP contribution in [0.2, 0.25) is 0 Å². The van der Waals surface area contributed by atoms with Crippen molar-refractivity contribution in [3.63, 3.8) is 0 Å². The molecule has 1 fully saturated rings. The lowest BCUT2D eigenvalue weighted by Crippen LogP contribution is -2.07. The molecule has 2 aromatic rings. The van der Waals surface area contributed by atoms with Gasteiger partial charge in [0.15, 0.2) is 5.78 Å². The highest BCUT2D eigenvalue weighted by Gasteiger charge is 2.23. The van der Waals surface area contributed by atoms with Crippen LogP contribution < -0.4 is 0 Å². The van der Waals surface area contributed by atoms with E-state index in [-0.39, 0.29) is 5.78 Å². The van der Waals surface area contributed by atoms with E-state index < -0.39 is 0 Å². The van der Waals surface area contributed by atoms with Crippen molar-refractivity contribution >= 4 is 11.9 Å².